The fourth-order valence-electron chi connectivity index (χ4n) is 3.92. The standard InChI is InChI=1S/C24H20FI3N4O2/c1-24(21(26)15-6-4-3-5-7-15)19-13-12-18(14-20(19)32(28)23(34)30(24)2)31(27)22(33)29-17-10-8-16(25)9-11-17/h3-14,21H,1-2H3,(H,29,33). The highest BCUT2D eigenvalue weighted by molar-refractivity contribution is 14.1. The predicted octanol–water partition coefficient (Wildman–Crippen LogP) is 7.83. The van der Waals surface area contributed by atoms with E-state index < -0.39 is 5.54 Å². The molecule has 2 atom stereocenters. The molecule has 4 rings (SSSR count). The number of urea groups is 2. The minimum absolute atomic E-state index is 0.00701. The molecule has 0 radical (unpaired) electrons. The zero-order valence-corrected chi connectivity index (χ0v) is 24.6. The second kappa shape index (κ2) is 10.1. The minimum Gasteiger partial charge on any atom is -0.316 e. The van der Waals surface area contributed by atoms with Crippen LogP contribution in [0.1, 0.15) is 22.0 Å². The minimum atomic E-state index is -0.610. The van der Waals surface area contributed by atoms with Crippen LogP contribution in [0.5, 0.6) is 0 Å². The van der Waals surface area contributed by atoms with Crippen molar-refractivity contribution in [2.45, 2.75) is 16.4 Å². The second-order valence-electron chi connectivity index (χ2n) is 7.96. The zero-order valence-electron chi connectivity index (χ0n) is 18.2. The summed E-state index contributed by atoms with van der Waals surface area (Å²) in [5.41, 5.74) is 3.33. The Morgan fingerprint density at radius 3 is 2.38 bits per heavy atom. The highest BCUT2D eigenvalue weighted by Crippen LogP contribution is 2.52. The van der Waals surface area contributed by atoms with E-state index in [1.54, 1.807) is 8.01 Å². The number of halogens is 4. The Morgan fingerprint density at radius 1 is 1.09 bits per heavy atom. The fourth-order valence-corrected chi connectivity index (χ4v) is 6.23. The molecule has 0 fully saturated rings. The van der Waals surface area contributed by atoms with Crippen molar-refractivity contribution in [3.05, 3.63) is 89.7 Å². The van der Waals surface area contributed by atoms with Crippen LogP contribution in [0.3, 0.4) is 0 Å². The maximum absolute atomic E-state index is 13.2. The Balaban J connectivity index is 1.70. The highest BCUT2D eigenvalue weighted by Gasteiger charge is 2.48. The number of likely N-dealkylation sites (N-methyl/N-ethyl adjacent to an activating group) is 1. The maximum atomic E-state index is 13.2. The van der Waals surface area contributed by atoms with E-state index >= 15 is 0 Å². The van der Waals surface area contributed by atoms with E-state index in [0.29, 0.717) is 11.4 Å². The smallest absolute Gasteiger partial charge is 0.316 e. The predicted molar refractivity (Wildman–Crippen MR) is 159 cm³/mol. The Bertz CT molecular complexity index is 1230. The Kier molecular flexibility index (Phi) is 7.57. The van der Waals surface area contributed by atoms with Crippen LogP contribution < -0.4 is 11.5 Å². The number of amides is 4. The monoisotopic (exact) mass is 796 g/mol. The maximum Gasteiger partial charge on any atom is 0.335 e. The largest absolute Gasteiger partial charge is 0.335 e. The van der Waals surface area contributed by atoms with Gasteiger partial charge in [-0.2, -0.15) is 0 Å². The van der Waals surface area contributed by atoms with Gasteiger partial charge < -0.3 is 10.2 Å². The number of hydrogen-bond donors (Lipinski definition) is 1. The van der Waals surface area contributed by atoms with Gasteiger partial charge in [0.05, 0.1) is 66.6 Å². The van der Waals surface area contributed by atoms with Gasteiger partial charge in [-0.3, -0.25) is 0 Å². The van der Waals surface area contributed by atoms with Crippen molar-refractivity contribution in [1.29, 1.82) is 0 Å². The number of carbonyl (C=O) groups is 2. The lowest BCUT2D eigenvalue weighted by atomic mass is 9.81. The molecule has 10 heteroatoms. The first-order valence-corrected chi connectivity index (χ1v) is 13.4. The van der Waals surface area contributed by atoms with E-state index in [2.05, 4.69) is 47.0 Å². The molecule has 176 valence electrons. The first kappa shape index (κ1) is 25.4. The van der Waals surface area contributed by atoms with Crippen molar-refractivity contribution in [3.8, 4) is 0 Å². The molecule has 1 heterocycles. The van der Waals surface area contributed by atoms with Gasteiger partial charge in [0.15, 0.2) is 0 Å². The number of hydrogen-bond acceptors (Lipinski definition) is 2. The Labute approximate surface area is 239 Å². The number of rotatable bonds is 4. The molecule has 0 aliphatic carbocycles. The van der Waals surface area contributed by atoms with Crippen molar-refractivity contribution in [1.82, 2.24) is 4.90 Å². The van der Waals surface area contributed by atoms with Gasteiger partial charge in [0.25, 0.3) is 0 Å². The molecule has 3 aromatic carbocycles. The fraction of sp³-hybridized carbons (Fsp3) is 0.167. The Morgan fingerprint density at radius 2 is 1.74 bits per heavy atom. The number of alkyl halides is 1. The van der Waals surface area contributed by atoms with Gasteiger partial charge in [-0.05, 0) is 48.9 Å². The number of fused-ring (bicyclic) bond motifs is 1. The van der Waals surface area contributed by atoms with Crippen molar-refractivity contribution in [3.63, 3.8) is 0 Å². The van der Waals surface area contributed by atoms with Crippen molar-refractivity contribution >= 4 is 97.4 Å². The molecule has 0 bridgehead atoms. The molecule has 2 unspecified atom stereocenters. The number of anilines is 3. The molecule has 0 saturated carbocycles. The SMILES string of the molecule is CN1C(=O)N(I)c2cc(N(I)C(=O)Nc3ccc(F)cc3)ccc2C1(C)C(I)c1ccccc1. The lowest BCUT2D eigenvalue weighted by Crippen LogP contribution is -2.54. The lowest BCUT2D eigenvalue weighted by molar-refractivity contribution is 0.149. The van der Waals surface area contributed by atoms with Gasteiger partial charge in [0, 0.05) is 18.3 Å². The third kappa shape index (κ3) is 4.59. The molecule has 0 aromatic heterocycles. The van der Waals surface area contributed by atoms with Gasteiger partial charge in [0.2, 0.25) is 0 Å². The lowest BCUT2D eigenvalue weighted by Gasteiger charge is -2.49. The quantitative estimate of drug-likeness (QED) is 0.167. The Hall–Kier alpha value is -1.68. The first-order chi connectivity index (χ1) is 16.1. The van der Waals surface area contributed by atoms with Crippen LogP contribution in [0, 0.1) is 5.82 Å². The van der Waals surface area contributed by atoms with Crippen LogP contribution in [-0.2, 0) is 5.54 Å². The van der Waals surface area contributed by atoms with E-state index in [-0.39, 0.29) is 21.8 Å². The molecule has 1 aliphatic rings. The number of benzene rings is 3. The van der Waals surface area contributed by atoms with Crippen LogP contribution in [0.15, 0.2) is 72.8 Å². The number of nitrogens with one attached hydrogen (secondary N) is 1. The van der Waals surface area contributed by atoms with Gasteiger partial charge in [-0.15, -0.1) is 0 Å². The van der Waals surface area contributed by atoms with Crippen LogP contribution in [-0.4, -0.2) is 24.0 Å². The van der Waals surface area contributed by atoms with Crippen LogP contribution >= 0.6 is 68.3 Å². The summed E-state index contributed by atoms with van der Waals surface area (Å²) in [6.45, 7) is 2.07. The summed E-state index contributed by atoms with van der Waals surface area (Å²) >= 11 is 6.33. The molecular weight excluding hydrogens is 776 g/mol. The second-order valence-corrected chi connectivity index (χ2v) is 11.1. The molecule has 3 aromatic rings. The van der Waals surface area contributed by atoms with Crippen molar-refractivity contribution < 1.29 is 14.0 Å². The van der Waals surface area contributed by atoms with E-state index in [9.17, 15) is 14.0 Å². The summed E-state index contributed by atoms with van der Waals surface area (Å²) in [6, 6.07) is 20.9. The van der Waals surface area contributed by atoms with Crippen molar-refractivity contribution in [2.75, 3.05) is 18.6 Å². The third-order valence-electron chi connectivity index (χ3n) is 5.98. The highest BCUT2D eigenvalue weighted by atomic mass is 127. The first-order valence-electron chi connectivity index (χ1n) is 10.2. The molecule has 34 heavy (non-hydrogen) atoms. The van der Waals surface area contributed by atoms with E-state index in [0.717, 1.165) is 16.8 Å². The van der Waals surface area contributed by atoms with Crippen LogP contribution in [0.2, 0.25) is 0 Å². The molecular formula is C24H20FI3N4O2. The molecule has 1 N–H and O–H groups in total. The van der Waals surface area contributed by atoms with Gasteiger partial charge >= 0.3 is 12.1 Å². The van der Waals surface area contributed by atoms with Crippen LogP contribution in [0.4, 0.5) is 31.0 Å². The molecule has 1 aliphatic heterocycles. The zero-order chi connectivity index (χ0) is 24.6. The molecule has 4 amide bonds. The van der Waals surface area contributed by atoms with E-state index in [1.165, 1.54) is 27.4 Å². The summed E-state index contributed by atoms with van der Waals surface area (Å²) in [5, 5.41) is 2.75. The summed E-state index contributed by atoms with van der Waals surface area (Å²) in [6.07, 6.45) is 0. The summed E-state index contributed by atoms with van der Waals surface area (Å²) in [5.74, 6) is -0.372. The normalized spacial score (nSPS) is 18.4. The van der Waals surface area contributed by atoms with Gasteiger partial charge in [0.1, 0.15) is 5.82 Å². The van der Waals surface area contributed by atoms with E-state index in [4.69, 9.17) is 0 Å². The molecule has 0 saturated heterocycles. The topological polar surface area (TPSA) is 55.9 Å². The van der Waals surface area contributed by atoms with Gasteiger partial charge in [-0.25, -0.2) is 20.2 Å². The number of nitrogens with zero attached hydrogens (tertiary/aromatic N) is 3. The molecule has 6 nitrogen and oxygen atoms in total. The van der Waals surface area contributed by atoms with Gasteiger partial charge in [-0.1, -0.05) is 59.0 Å². The average Bonchev–Trinajstić information content (AvgIpc) is 2.86. The van der Waals surface area contributed by atoms with E-state index in [1.807, 2.05) is 89.2 Å². The summed E-state index contributed by atoms with van der Waals surface area (Å²) < 4.78 is 16.2. The van der Waals surface area contributed by atoms with Crippen LogP contribution in [0.25, 0.3) is 0 Å². The van der Waals surface area contributed by atoms with Crippen molar-refractivity contribution in [2.24, 2.45) is 0 Å². The summed E-state index contributed by atoms with van der Waals surface area (Å²) in [7, 11) is 1.82. The third-order valence-corrected chi connectivity index (χ3v) is 9.84. The summed E-state index contributed by atoms with van der Waals surface area (Å²) in [4.78, 5) is 27.8. The molecule has 0 spiro atoms. The number of carbonyl (C=O) groups excluding carboxylic acids is 2. The average molecular weight is 796 g/mol.